The van der Waals surface area contributed by atoms with E-state index in [1.165, 1.54) is 24.2 Å². The molecule has 0 spiro atoms. The number of halogens is 6. The van der Waals surface area contributed by atoms with Crippen molar-refractivity contribution < 1.29 is 44.2 Å². The lowest BCUT2D eigenvalue weighted by molar-refractivity contribution is -0.759. The first-order valence-corrected chi connectivity index (χ1v) is 8.76. The Balaban J connectivity index is 0.000000485. The molecule has 6 nitrogen and oxygen atoms in total. The number of carbonyl (C=O) groups excluding carboxylic acids is 1. The fourth-order valence-electron chi connectivity index (χ4n) is 1.77. The lowest BCUT2D eigenvalue weighted by Crippen LogP contribution is -2.46. The number of carbonyl (C=O) groups is 1. The molecule has 1 amide bonds. The Morgan fingerprint density at radius 3 is 2.00 bits per heavy atom. The number of nitrogens with one attached hydrogen (secondary N) is 1. The lowest BCUT2D eigenvalue weighted by atomic mass is 10.3. The fraction of sp³-hybridized carbons (Fsp3) is 0.692. The van der Waals surface area contributed by atoms with E-state index in [0.29, 0.717) is 0 Å². The van der Waals surface area contributed by atoms with Crippen LogP contribution in [-0.4, -0.2) is 30.7 Å². The normalized spacial score (nSPS) is 12.4. The highest BCUT2D eigenvalue weighted by molar-refractivity contribution is 7.90. The smallest absolute Gasteiger partial charge is 0.263 e. The monoisotopic (exact) mass is 412 g/mol. The highest BCUT2D eigenvalue weighted by Gasteiger charge is 2.51. The summed E-state index contributed by atoms with van der Waals surface area (Å²) in [5.74, 6) is -3.20. The molecule has 0 saturated heterocycles. The molecule has 1 heterocycles. The number of unbranched alkanes of at least 4 members (excludes halogenated alkanes) is 1. The number of aromatic nitrogens is 2. The molecule has 0 bridgehead atoms. The van der Waals surface area contributed by atoms with Crippen molar-refractivity contribution in [2.75, 3.05) is 0 Å². The quantitative estimate of drug-likeness (QED) is 0.609. The maximum absolute atomic E-state index is 11.4. The van der Waals surface area contributed by atoms with E-state index in [1.54, 1.807) is 0 Å². The molecule has 152 valence electrons. The zero-order valence-electron chi connectivity index (χ0n) is 14.5. The van der Waals surface area contributed by atoms with Crippen molar-refractivity contribution in [3.8, 4) is 0 Å². The second-order valence-electron chi connectivity index (χ2n) is 5.31. The Kier molecular flexibility index (Phi) is 8.13. The van der Waals surface area contributed by atoms with Crippen LogP contribution in [0, 0.1) is 13.8 Å². The topological polar surface area (TPSA) is 72.0 Å². The highest BCUT2D eigenvalue weighted by atomic mass is 32.2. The third-order valence-electron chi connectivity index (χ3n) is 3.21. The summed E-state index contributed by atoms with van der Waals surface area (Å²) < 4.78 is 92.5. The van der Waals surface area contributed by atoms with Crippen molar-refractivity contribution in [2.45, 2.75) is 51.8 Å². The van der Waals surface area contributed by atoms with Gasteiger partial charge in [-0.3, -0.25) is 4.79 Å². The van der Waals surface area contributed by atoms with Gasteiger partial charge in [0.15, 0.2) is 7.05 Å². The zero-order chi connectivity index (χ0) is 20.9. The Morgan fingerprint density at radius 1 is 1.19 bits per heavy atom. The maximum atomic E-state index is 11.4. The number of alkyl halides is 6. The van der Waals surface area contributed by atoms with Gasteiger partial charge in [-0.05, 0) is 13.3 Å². The molecule has 13 heteroatoms. The summed E-state index contributed by atoms with van der Waals surface area (Å²) in [5.41, 5.74) is -3.26. The summed E-state index contributed by atoms with van der Waals surface area (Å²) in [4.78, 5) is 9.81. The van der Waals surface area contributed by atoms with Crippen LogP contribution in [0.15, 0.2) is 6.07 Å². The van der Waals surface area contributed by atoms with Crippen LogP contribution < -0.4 is 9.40 Å². The Bertz CT molecular complexity index is 723. The summed E-state index contributed by atoms with van der Waals surface area (Å²) in [5, 5.41) is 0. The number of amides is 1. The van der Waals surface area contributed by atoms with Gasteiger partial charge in [0, 0.05) is 13.0 Å². The van der Waals surface area contributed by atoms with E-state index in [1.807, 2.05) is 0 Å². The first kappa shape index (κ1) is 24.2. The summed E-state index contributed by atoms with van der Waals surface area (Å²) in [7, 11) is -4.18. The van der Waals surface area contributed by atoms with Crippen molar-refractivity contribution in [3.05, 3.63) is 17.5 Å². The van der Waals surface area contributed by atoms with E-state index in [-0.39, 0.29) is 4.72 Å². The predicted octanol–water partition coefficient (Wildman–Crippen LogP) is 2.24. The molecule has 0 aliphatic rings. The van der Waals surface area contributed by atoms with Gasteiger partial charge in [-0.1, -0.05) is 13.3 Å². The summed E-state index contributed by atoms with van der Waals surface area (Å²) in [6.45, 7) is 7.69. The van der Waals surface area contributed by atoms with Gasteiger partial charge < -0.3 is 0 Å². The minimum absolute atomic E-state index is 0.181. The SMILES string of the molecule is CCCCn1c(C)cc(C)[n+]1C.O=C(NS(=O)(=O)C(F)(F)F)C(F)(F)F. The Hall–Kier alpha value is -1.79. The van der Waals surface area contributed by atoms with Gasteiger partial charge in [-0.15, -0.1) is 4.68 Å². The molecule has 1 N–H and O–H groups in total. The molecule has 0 fully saturated rings. The van der Waals surface area contributed by atoms with Crippen LogP contribution in [-0.2, 0) is 28.4 Å². The van der Waals surface area contributed by atoms with Gasteiger partial charge in [-0.2, -0.15) is 39.4 Å². The minimum atomic E-state index is -6.30. The molecular formula is C13H20F6N3O3S+. The Morgan fingerprint density at radius 2 is 1.69 bits per heavy atom. The molecule has 0 aliphatic carbocycles. The summed E-state index contributed by atoms with van der Waals surface area (Å²) in [6, 6.07) is 2.23. The lowest BCUT2D eigenvalue weighted by Gasteiger charge is -2.10. The molecule has 0 saturated carbocycles. The third kappa shape index (κ3) is 6.84. The summed E-state index contributed by atoms with van der Waals surface area (Å²) >= 11 is 0. The fourth-order valence-corrected chi connectivity index (χ4v) is 2.24. The van der Waals surface area contributed by atoms with Crippen LogP contribution in [0.25, 0.3) is 0 Å². The first-order valence-electron chi connectivity index (χ1n) is 7.27. The van der Waals surface area contributed by atoms with Crippen LogP contribution in [0.3, 0.4) is 0 Å². The highest BCUT2D eigenvalue weighted by Crippen LogP contribution is 2.23. The number of sulfonamides is 1. The van der Waals surface area contributed by atoms with Gasteiger partial charge >= 0.3 is 27.6 Å². The number of nitrogens with zero attached hydrogens (tertiary/aromatic N) is 2. The van der Waals surface area contributed by atoms with E-state index in [2.05, 4.69) is 43.2 Å². The largest absolute Gasteiger partial charge is 0.516 e. The van der Waals surface area contributed by atoms with Crippen LogP contribution in [0.4, 0.5) is 26.3 Å². The molecular weight excluding hydrogens is 392 g/mol. The van der Waals surface area contributed by atoms with Crippen molar-refractivity contribution in [3.63, 3.8) is 0 Å². The van der Waals surface area contributed by atoms with Crippen molar-refractivity contribution in [1.29, 1.82) is 0 Å². The molecule has 1 aromatic heterocycles. The van der Waals surface area contributed by atoms with Gasteiger partial charge in [0.1, 0.15) is 0 Å². The van der Waals surface area contributed by atoms with Gasteiger partial charge in [0.2, 0.25) is 5.69 Å². The molecule has 0 atom stereocenters. The number of hydrogen-bond donors (Lipinski definition) is 1. The molecule has 0 aliphatic heterocycles. The summed E-state index contributed by atoms with van der Waals surface area (Å²) in [6.07, 6.45) is -3.17. The van der Waals surface area contributed by atoms with Crippen LogP contribution in [0.5, 0.6) is 0 Å². The van der Waals surface area contributed by atoms with Gasteiger partial charge in [0.25, 0.3) is 0 Å². The molecule has 1 rings (SSSR count). The standard InChI is InChI=1S/C10H19N2.C3HF6NO3S/c1-5-6-7-12-10(3)8-9(2)11(12)4;4-2(5,6)1(11)10-14(12,13)3(7,8)9/h8H,5-7H2,1-4H3;(H,10,11)/q+1;. The maximum Gasteiger partial charge on any atom is 0.516 e. The number of rotatable bonds is 4. The van der Waals surface area contributed by atoms with Crippen molar-refractivity contribution >= 4 is 15.9 Å². The van der Waals surface area contributed by atoms with Crippen LogP contribution in [0.1, 0.15) is 31.2 Å². The number of hydrogen-bond acceptors (Lipinski definition) is 3. The molecule has 26 heavy (non-hydrogen) atoms. The molecule has 1 aromatic rings. The van der Waals surface area contributed by atoms with E-state index < -0.39 is 27.6 Å². The minimum Gasteiger partial charge on any atom is -0.263 e. The van der Waals surface area contributed by atoms with E-state index >= 15 is 0 Å². The first-order chi connectivity index (χ1) is 11.5. The van der Waals surface area contributed by atoms with Crippen molar-refractivity contribution in [1.82, 2.24) is 9.40 Å². The molecule has 0 unspecified atom stereocenters. The average Bonchev–Trinajstić information content (AvgIpc) is 2.68. The van der Waals surface area contributed by atoms with Crippen LogP contribution >= 0.6 is 0 Å². The third-order valence-corrected chi connectivity index (χ3v) is 4.27. The average molecular weight is 412 g/mol. The predicted molar refractivity (Wildman–Crippen MR) is 79.2 cm³/mol. The van der Waals surface area contributed by atoms with E-state index in [9.17, 15) is 39.6 Å². The van der Waals surface area contributed by atoms with Gasteiger partial charge in [0.05, 0.1) is 12.2 Å². The molecule has 0 radical (unpaired) electrons. The zero-order valence-corrected chi connectivity index (χ0v) is 15.3. The van der Waals surface area contributed by atoms with Crippen molar-refractivity contribution in [2.24, 2.45) is 7.05 Å². The second kappa shape index (κ2) is 8.73. The van der Waals surface area contributed by atoms with Gasteiger partial charge in [-0.25, -0.2) is 4.72 Å². The number of aryl methyl sites for hydroxylation is 2. The Labute approximate surface area is 146 Å². The van der Waals surface area contributed by atoms with E-state index in [4.69, 9.17) is 0 Å². The second-order valence-corrected chi connectivity index (χ2v) is 6.98. The van der Waals surface area contributed by atoms with E-state index in [0.717, 1.165) is 6.54 Å². The molecule has 0 aromatic carbocycles. The van der Waals surface area contributed by atoms with Crippen LogP contribution in [0.2, 0.25) is 0 Å².